The maximum absolute atomic E-state index is 13.1. The molecule has 9 heteroatoms. The van der Waals surface area contributed by atoms with E-state index in [4.69, 9.17) is 9.15 Å². The molecule has 0 saturated heterocycles. The number of carbonyl (C=O) groups excluding carboxylic acids is 1. The van der Waals surface area contributed by atoms with Gasteiger partial charge in [-0.3, -0.25) is 14.4 Å². The maximum atomic E-state index is 13.1. The summed E-state index contributed by atoms with van der Waals surface area (Å²) in [7, 11) is -2.60. The average molecular weight is 486 g/mol. The smallest absolute Gasteiger partial charge is 0.265 e. The number of sulfonamides is 1. The Morgan fingerprint density at radius 2 is 1.79 bits per heavy atom. The summed E-state index contributed by atoms with van der Waals surface area (Å²) in [6.07, 6.45) is 1.61. The van der Waals surface area contributed by atoms with Gasteiger partial charge in [0.05, 0.1) is 19.4 Å². The fourth-order valence-electron chi connectivity index (χ4n) is 3.71. The van der Waals surface area contributed by atoms with E-state index in [1.165, 1.54) is 19.2 Å². The molecule has 182 valence electrons. The molecule has 2 aromatic carbocycles. The quantitative estimate of drug-likeness (QED) is 0.422. The number of methoxy groups -OCH3 is 1. The molecule has 0 spiro atoms. The largest absolute Gasteiger partial charge is 0.495 e. The molecule has 0 aliphatic heterocycles. The molecule has 8 nitrogen and oxygen atoms in total. The standard InChI is InChI=1S/C25H31N3O5S/c1-5-28(6-2)21(22-8-7-15-33-22)17-26-25(29)19-11-14-23(32-4)24(16-19)34(30,31)27-20-12-9-18(3)10-13-20/h7-16,21,27H,5-6,17H2,1-4H3,(H,26,29). The Morgan fingerprint density at radius 1 is 1.09 bits per heavy atom. The summed E-state index contributed by atoms with van der Waals surface area (Å²) in [5.41, 5.74) is 1.64. The molecule has 0 aliphatic rings. The molecular formula is C25H31N3O5S. The van der Waals surface area contributed by atoms with Gasteiger partial charge in [-0.25, -0.2) is 8.42 Å². The van der Waals surface area contributed by atoms with Crippen molar-refractivity contribution >= 4 is 21.6 Å². The SMILES string of the molecule is CCN(CC)C(CNC(=O)c1ccc(OC)c(S(=O)(=O)Nc2ccc(C)cc2)c1)c1ccco1. The van der Waals surface area contributed by atoms with Crippen molar-refractivity contribution in [3.8, 4) is 5.75 Å². The third kappa shape index (κ3) is 5.98. The van der Waals surface area contributed by atoms with Gasteiger partial charge in [-0.15, -0.1) is 0 Å². The summed E-state index contributed by atoms with van der Waals surface area (Å²) in [4.78, 5) is 15.0. The van der Waals surface area contributed by atoms with Crippen LogP contribution in [-0.4, -0.2) is 46.0 Å². The van der Waals surface area contributed by atoms with Crippen molar-refractivity contribution < 1.29 is 22.4 Å². The normalized spacial score (nSPS) is 12.4. The minimum Gasteiger partial charge on any atom is -0.495 e. The fraction of sp³-hybridized carbons (Fsp3) is 0.320. The Labute approximate surface area is 201 Å². The molecule has 3 rings (SSSR count). The van der Waals surface area contributed by atoms with Crippen LogP contribution in [0.25, 0.3) is 0 Å². The van der Waals surface area contributed by atoms with Crippen LogP contribution >= 0.6 is 0 Å². The van der Waals surface area contributed by atoms with Crippen LogP contribution in [0.4, 0.5) is 5.69 Å². The molecule has 0 saturated carbocycles. The second-order valence-corrected chi connectivity index (χ2v) is 9.45. The number of nitrogens with zero attached hydrogens (tertiary/aromatic N) is 1. The second kappa shape index (κ2) is 11.2. The first-order valence-electron chi connectivity index (χ1n) is 11.1. The first-order chi connectivity index (χ1) is 16.3. The maximum Gasteiger partial charge on any atom is 0.265 e. The van der Waals surface area contributed by atoms with Crippen LogP contribution in [0, 0.1) is 6.92 Å². The highest BCUT2D eigenvalue weighted by Gasteiger charge is 2.24. The van der Waals surface area contributed by atoms with Crippen molar-refractivity contribution in [1.82, 2.24) is 10.2 Å². The minimum atomic E-state index is -3.99. The fourth-order valence-corrected chi connectivity index (χ4v) is 4.96. The van der Waals surface area contributed by atoms with Crippen LogP contribution in [0.2, 0.25) is 0 Å². The van der Waals surface area contributed by atoms with Crippen LogP contribution in [-0.2, 0) is 10.0 Å². The Kier molecular flexibility index (Phi) is 8.36. The van der Waals surface area contributed by atoms with Gasteiger partial charge in [0.1, 0.15) is 16.4 Å². The number of hydrogen-bond donors (Lipinski definition) is 2. The lowest BCUT2D eigenvalue weighted by atomic mass is 10.1. The van der Waals surface area contributed by atoms with Gasteiger partial charge < -0.3 is 14.5 Å². The molecule has 2 N–H and O–H groups in total. The van der Waals surface area contributed by atoms with Crippen molar-refractivity contribution in [3.63, 3.8) is 0 Å². The molecule has 1 heterocycles. The van der Waals surface area contributed by atoms with Crippen LogP contribution in [0.15, 0.2) is 70.2 Å². The number of nitrogens with one attached hydrogen (secondary N) is 2. The summed E-state index contributed by atoms with van der Waals surface area (Å²) >= 11 is 0. The number of amides is 1. The summed E-state index contributed by atoms with van der Waals surface area (Å²) in [6.45, 7) is 7.89. The number of aryl methyl sites for hydroxylation is 1. The topological polar surface area (TPSA) is 101 Å². The lowest BCUT2D eigenvalue weighted by Crippen LogP contribution is -2.38. The van der Waals surface area contributed by atoms with Gasteiger partial charge in [-0.05, 0) is 62.5 Å². The number of anilines is 1. The van der Waals surface area contributed by atoms with Gasteiger partial charge >= 0.3 is 0 Å². The molecule has 0 radical (unpaired) electrons. The molecule has 0 bridgehead atoms. The van der Waals surface area contributed by atoms with Gasteiger partial charge in [0, 0.05) is 17.8 Å². The lowest BCUT2D eigenvalue weighted by molar-refractivity contribution is 0.0929. The molecule has 3 aromatic rings. The highest BCUT2D eigenvalue weighted by molar-refractivity contribution is 7.92. The zero-order chi connectivity index (χ0) is 24.7. The Balaban J connectivity index is 1.82. The third-order valence-corrected chi connectivity index (χ3v) is 7.00. The zero-order valence-electron chi connectivity index (χ0n) is 19.9. The van der Waals surface area contributed by atoms with Crippen molar-refractivity contribution in [3.05, 3.63) is 77.7 Å². The number of rotatable bonds is 11. The Bertz CT molecular complexity index is 1190. The minimum absolute atomic E-state index is 0.116. The highest BCUT2D eigenvalue weighted by atomic mass is 32.2. The van der Waals surface area contributed by atoms with Gasteiger partial charge in [-0.1, -0.05) is 31.5 Å². The van der Waals surface area contributed by atoms with Gasteiger partial charge in [0.2, 0.25) is 0 Å². The van der Waals surface area contributed by atoms with E-state index < -0.39 is 15.9 Å². The molecule has 0 aliphatic carbocycles. The zero-order valence-corrected chi connectivity index (χ0v) is 20.7. The van der Waals surface area contributed by atoms with Crippen LogP contribution in [0.3, 0.4) is 0 Å². The summed E-state index contributed by atoms with van der Waals surface area (Å²) in [5, 5.41) is 2.91. The van der Waals surface area contributed by atoms with E-state index in [1.54, 1.807) is 24.5 Å². The van der Waals surface area contributed by atoms with E-state index in [0.717, 1.165) is 24.4 Å². The van der Waals surface area contributed by atoms with E-state index in [2.05, 4.69) is 14.9 Å². The number of benzene rings is 2. The number of ether oxygens (including phenoxy) is 1. The van der Waals surface area contributed by atoms with Gasteiger partial charge in [-0.2, -0.15) is 0 Å². The van der Waals surface area contributed by atoms with Crippen molar-refractivity contribution in [2.45, 2.75) is 31.7 Å². The second-order valence-electron chi connectivity index (χ2n) is 7.80. The molecule has 1 atom stereocenters. The van der Waals surface area contributed by atoms with Crippen molar-refractivity contribution in [1.29, 1.82) is 0 Å². The Morgan fingerprint density at radius 3 is 2.38 bits per heavy atom. The van der Waals surface area contributed by atoms with Gasteiger partial charge in [0.25, 0.3) is 15.9 Å². The summed E-state index contributed by atoms with van der Waals surface area (Å²) < 4.78 is 39.6. The summed E-state index contributed by atoms with van der Waals surface area (Å²) in [5.74, 6) is 0.509. The van der Waals surface area contributed by atoms with Crippen molar-refractivity contribution in [2.24, 2.45) is 0 Å². The first-order valence-corrected chi connectivity index (χ1v) is 12.6. The predicted molar refractivity (Wildman–Crippen MR) is 132 cm³/mol. The Hall–Kier alpha value is -3.30. The van der Waals surface area contributed by atoms with E-state index in [0.29, 0.717) is 12.2 Å². The lowest BCUT2D eigenvalue weighted by Gasteiger charge is -2.28. The third-order valence-electron chi connectivity index (χ3n) is 5.60. The predicted octanol–water partition coefficient (Wildman–Crippen LogP) is 4.21. The van der Waals surface area contributed by atoms with E-state index in [9.17, 15) is 13.2 Å². The molecular weight excluding hydrogens is 454 g/mol. The highest BCUT2D eigenvalue weighted by Crippen LogP contribution is 2.27. The number of carbonyl (C=O) groups is 1. The van der Waals surface area contributed by atoms with Crippen LogP contribution < -0.4 is 14.8 Å². The number of likely N-dealkylation sites (N-methyl/N-ethyl adjacent to an activating group) is 1. The van der Waals surface area contributed by atoms with Crippen LogP contribution in [0.1, 0.15) is 41.6 Å². The molecule has 1 aromatic heterocycles. The van der Waals surface area contributed by atoms with Crippen molar-refractivity contribution in [2.75, 3.05) is 31.5 Å². The first kappa shape index (κ1) is 25.3. The molecule has 1 amide bonds. The van der Waals surface area contributed by atoms with E-state index >= 15 is 0 Å². The average Bonchev–Trinajstić information content (AvgIpc) is 3.37. The molecule has 1 unspecified atom stereocenters. The summed E-state index contributed by atoms with van der Waals surface area (Å²) in [6, 6.07) is 14.9. The van der Waals surface area contributed by atoms with E-state index in [-0.39, 0.29) is 22.3 Å². The number of hydrogen-bond acceptors (Lipinski definition) is 6. The van der Waals surface area contributed by atoms with Crippen LogP contribution in [0.5, 0.6) is 5.75 Å². The molecule has 34 heavy (non-hydrogen) atoms. The van der Waals surface area contributed by atoms with E-state index in [1.807, 2.05) is 45.0 Å². The molecule has 0 fully saturated rings. The monoisotopic (exact) mass is 485 g/mol. The van der Waals surface area contributed by atoms with Gasteiger partial charge in [0.15, 0.2) is 0 Å². The number of furan rings is 1.